The van der Waals surface area contributed by atoms with Crippen molar-refractivity contribution < 1.29 is 27.9 Å². The largest absolute Gasteiger partial charge is 0.478 e. The molecule has 5 nitrogen and oxygen atoms in total. The highest BCUT2D eigenvalue weighted by Crippen LogP contribution is 2.32. The maximum absolute atomic E-state index is 12.4. The van der Waals surface area contributed by atoms with Gasteiger partial charge in [0.1, 0.15) is 11.5 Å². The van der Waals surface area contributed by atoms with Crippen LogP contribution in [-0.2, 0) is 0 Å². The third-order valence-electron chi connectivity index (χ3n) is 2.86. The summed E-state index contributed by atoms with van der Waals surface area (Å²) in [4.78, 5) is 24.3. The summed E-state index contributed by atoms with van der Waals surface area (Å²) < 4.78 is 37.1. The normalized spacial score (nSPS) is 11.3. The topological polar surface area (TPSA) is 69.6 Å². The van der Waals surface area contributed by atoms with E-state index in [-0.39, 0.29) is 17.1 Å². The van der Waals surface area contributed by atoms with Crippen molar-refractivity contribution in [2.24, 2.45) is 0 Å². The first-order chi connectivity index (χ1) is 9.56. The molecule has 0 saturated carbocycles. The molecule has 1 rings (SSSR count). The predicted octanol–water partition coefficient (Wildman–Crippen LogP) is 3.48. The number of halogens is 3. The van der Waals surface area contributed by atoms with Crippen LogP contribution in [0.15, 0.2) is 0 Å². The summed E-state index contributed by atoms with van der Waals surface area (Å²) in [7, 11) is 0. The number of anilines is 1. The number of alkyl halides is 3. The molecule has 0 fully saturated rings. The van der Waals surface area contributed by atoms with Crippen molar-refractivity contribution in [3.63, 3.8) is 0 Å². The zero-order valence-electron chi connectivity index (χ0n) is 11.7. The van der Waals surface area contributed by atoms with E-state index in [9.17, 15) is 22.8 Å². The molecule has 0 aliphatic heterocycles. The van der Waals surface area contributed by atoms with Crippen LogP contribution < -0.4 is 5.32 Å². The van der Waals surface area contributed by atoms with Crippen LogP contribution in [0.1, 0.15) is 27.7 Å². The van der Waals surface area contributed by atoms with Crippen molar-refractivity contribution in [1.82, 2.24) is 4.90 Å². The van der Waals surface area contributed by atoms with Crippen LogP contribution >= 0.6 is 11.3 Å². The van der Waals surface area contributed by atoms with Gasteiger partial charge in [0, 0.05) is 11.4 Å². The summed E-state index contributed by atoms with van der Waals surface area (Å²) in [6.45, 7) is 3.14. The van der Waals surface area contributed by atoms with Crippen LogP contribution in [-0.4, -0.2) is 41.3 Å². The van der Waals surface area contributed by atoms with Gasteiger partial charge in [-0.15, -0.1) is 11.3 Å². The Labute approximate surface area is 123 Å². The Bertz CT molecular complexity index is 555. The molecule has 0 aliphatic carbocycles. The van der Waals surface area contributed by atoms with E-state index in [1.54, 1.807) is 13.8 Å². The standard InChI is InChI=1S/C12H15F3N2O3S/c1-4-17(5-12(13,14)15)11(20)16-9-8(10(18)19)6(2)7(3)21-9/h4-5H2,1-3H3,(H,16,20)(H,18,19). The monoisotopic (exact) mass is 324 g/mol. The van der Waals surface area contributed by atoms with Crippen LogP contribution in [0.25, 0.3) is 0 Å². The number of hydrogen-bond acceptors (Lipinski definition) is 3. The molecule has 0 atom stereocenters. The number of aryl methyl sites for hydroxylation is 1. The van der Waals surface area contributed by atoms with E-state index in [1.165, 1.54) is 6.92 Å². The first-order valence-corrected chi connectivity index (χ1v) is 6.84. The fourth-order valence-corrected chi connectivity index (χ4v) is 2.73. The molecule has 1 aromatic rings. The Kier molecular flexibility index (Phi) is 5.21. The third kappa shape index (κ3) is 4.35. The van der Waals surface area contributed by atoms with Crippen LogP contribution in [0.2, 0.25) is 0 Å². The first-order valence-electron chi connectivity index (χ1n) is 6.02. The molecule has 0 spiro atoms. The summed E-state index contributed by atoms with van der Waals surface area (Å²) in [5.41, 5.74) is 0.399. The van der Waals surface area contributed by atoms with E-state index in [2.05, 4.69) is 5.32 Å². The number of urea groups is 1. The van der Waals surface area contributed by atoms with Gasteiger partial charge in [-0.1, -0.05) is 0 Å². The Morgan fingerprint density at radius 1 is 1.33 bits per heavy atom. The zero-order chi connectivity index (χ0) is 16.4. The Hall–Kier alpha value is -1.77. The lowest BCUT2D eigenvalue weighted by molar-refractivity contribution is -0.139. The zero-order valence-corrected chi connectivity index (χ0v) is 12.5. The Morgan fingerprint density at radius 3 is 2.33 bits per heavy atom. The molecule has 118 valence electrons. The summed E-state index contributed by atoms with van der Waals surface area (Å²) in [5.74, 6) is -1.23. The first kappa shape index (κ1) is 17.3. The second kappa shape index (κ2) is 6.33. The molecule has 2 amide bonds. The van der Waals surface area contributed by atoms with Crippen molar-refractivity contribution in [3.05, 3.63) is 16.0 Å². The van der Waals surface area contributed by atoms with Gasteiger partial charge in [-0.2, -0.15) is 13.2 Å². The fraction of sp³-hybridized carbons (Fsp3) is 0.500. The number of carboxylic acid groups (broad SMARTS) is 1. The molecule has 21 heavy (non-hydrogen) atoms. The molecule has 1 aromatic heterocycles. The minimum atomic E-state index is -4.51. The minimum Gasteiger partial charge on any atom is -0.478 e. The summed E-state index contributed by atoms with van der Waals surface area (Å²) in [5, 5.41) is 11.4. The summed E-state index contributed by atoms with van der Waals surface area (Å²) >= 11 is 1.02. The number of rotatable bonds is 4. The van der Waals surface area contributed by atoms with E-state index in [0.717, 1.165) is 11.3 Å². The number of carbonyl (C=O) groups excluding carboxylic acids is 1. The van der Waals surface area contributed by atoms with Crippen LogP contribution in [0.5, 0.6) is 0 Å². The SMILES string of the molecule is CCN(CC(F)(F)F)C(=O)Nc1sc(C)c(C)c1C(=O)O. The molecule has 9 heteroatoms. The van der Waals surface area contributed by atoms with Gasteiger partial charge >= 0.3 is 18.2 Å². The van der Waals surface area contributed by atoms with E-state index in [1.807, 2.05) is 0 Å². The maximum Gasteiger partial charge on any atom is 0.406 e. The number of carbonyl (C=O) groups is 2. The average Bonchev–Trinajstić information content (AvgIpc) is 2.60. The van der Waals surface area contributed by atoms with Gasteiger partial charge < -0.3 is 10.0 Å². The summed E-state index contributed by atoms with van der Waals surface area (Å²) in [6, 6.07) is -0.974. The van der Waals surface area contributed by atoms with Crippen LogP contribution in [0, 0.1) is 13.8 Å². The fourth-order valence-electron chi connectivity index (χ4n) is 1.69. The number of amides is 2. The van der Waals surface area contributed by atoms with Gasteiger partial charge in [-0.25, -0.2) is 9.59 Å². The smallest absolute Gasteiger partial charge is 0.406 e. The number of carboxylic acids is 1. The lowest BCUT2D eigenvalue weighted by Crippen LogP contribution is -2.41. The van der Waals surface area contributed by atoms with Gasteiger partial charge in [0.15, 0.2) is 0 Å². The third-order valence-corrected chi connectivity index (χ3v) is 3.98. The van der Waals surface area contributed by atoms with Crippen molar-refractivity contribution in [2.45, 2.75) is 26.9 Å². The second-order valence-electron chi connectivity index (χ2n) is 4.35. The molecule has 0 saturated heterocycles. The highest BCUT2D eigenvalue weighted by atomic mass is 32.1. The number of hydrogen-bond donors (Lipinski definition) is 2. The van der Waals surface area contributed by atoms with Crippen molar-refractivity contribution in [1.29, 1.82) is 0 Å². The number of nitrogens with one attached hydrogen (secondary N) is 1. The molecular formula is C12H15F3N2O3S. The predicted molar refractivity (Wildman–Crippen MR) is 73.1 cm³/mol. The number of nitrogens with zero attached hydrogens (tertiary/aromatic N) is 1. The molecule has 0 aromatic carbocycles. The van der Waals surface area contributed by atoms with Crippen molar-refractivity contribution in [2.75, 3.05) is 18.4 Å². The lowest BCUT2D eigenvalue weighted by Gasteiger charge is -2.22. The molecule has 1 heterocycles. The van der Waals surface area contributed by atoms with E-state index in [0.29, 0.717) is 15.3 Å². The van der Waals surface area contributed by atoms with Crippen molar-refractivity contribution >= 4 is 28.3 Å². The molecule has 0 radical (unpaired) electrons. The van der Waals surface area contributed by atoms with Gasteiger partial charge in [-0.05, 0) is 26.3 Å². The molecule has 0 bridgehead atoms. The van der Waals surface area contributed by atoms with E-state index >= 15 is 0 Å². The molecular weight excluding hydrogens is 309 g/mol. The number of aromatic carboxylic acids is 1. The molecule has 0 unspecified atom stereocenters. The molecule has 0 aliphatic rings. The average molecular weight is 324 g/mol. The quantitative estimate of drug-likeness (QED) is 0.891. The Morgan fingerprint density at radius 2 is 1.90 bits per heavy atom. The highest BCUT2D eigenvalue weighted by molar-refractivity contribution is 7.16. The van der Waals surface area contributed by atoms with Crippen LogP contribution in [0.3, 0.4) is 0 Å². The van der Waals surface area contributed by atoms with Crippen molar-refractivity contribution in [3.8, 4) is 0 Å². The minimum absolute atomic E-state index is 0.0446. The highest BCUT2D eigenvalue weighted by Gasteiger charge is 2.33. The Balaban J connectivity index is 2.97. The van der Waals surface area contributed by atoms with Gasteiger partial charge in [0.25, 0.3) is 0 Å². The van der Waals surface area contributed by atoms with E-state index < -0.39 is 24.7 Å². The van der Waals surface area contributed by atoms with Crippen LogP contribution in [0.4, 0.5) is 23.0 Å². The summed E-state index contributed by atoms with van der Waals surface area (Å²) in [6.07, 6.45) is -4.51. The number of thiophene rings is 1. The van der Waals surface area contributed by atoms with Gasteiger partial charge in [0.2, 0.25) is 0 Å². The second-order valence-corrected chi connectivity index (χ2v) is 5.58. The lowest BCUT2D eigenvalue weighted by atomic mass is 10.1. The van der Waals surface area contributed by atoms with E-state index in [4.69, 9.17) is 5.11 Å². The molecule has 2 N–H and O–H groups in total. The maximum atomic E-state index is 12.4. The van der Waals surface area contributed by atoms with Gasteiger partial charge in [-0.3, -0.25) is 5.32 Å². The van der Waals surface area contributed by atoms with Gasteiger partial charge in [0.05, 0.1) is 5.56 Å².